The number of rotatable bonds is 5. The third kappa shape index (κ3) is 3.41. The molecule has 0 aliphatic carbocycles. The number of ether oxygens (including phenoxy) is 1. The van der Waals surface area contributed by atoms with E-state index in [1.807, 2.05) is 0 Å². The molecule has 0 fully saturated rings. The van der Waals surface area contributed by atoms with Crippen LogP contribution < -0.4 is 10.5 Å². The molecule has 0 spiro atoms. The molecule has 1 heterocycles. The number of hydrogen-bond donors (Lipinski definition) is 1. The largest absolute Gasteiger partial charge is 0.472 e. The van der Waals surface area contributed by atoms with Crippen molar-refractivity contribution in [2.75, 3.05) is 12.8 Å². The number of hydrogen-bond acceptors (Lipinski definition) is 6. The molecule has 0 aliphatic heterocycles. The highest BCUT2D eigenvalue weighted by Crippen LogP contribution is 2.20. The molecule has 0 saturated carbocycles. The number of benzene rings is 1. The van der Waals surface area contributed by atoms with E-state index >= 15 is 0 Å². The molecular formula is C13H12F2N4O2. The molecule has 0 amide bonds. The summed E-state index contributed by atoms with van der Waals surface area (Å²) in [6.45, 7) is -0.344. The number of anilines is 1. The third-order valence-electron chi connectivity index (χ3n) is 2.58. The fraction of sp³-hybridized carbons (Fsp3) is 0.154. The summed E-state index contributed by atoms with van der Waals surface area (Å²) in [5.41, 5.74) is 5.72. The molecule has 6 nitrogen and oxygen atoms in total. The SMILES string of the molecule is CO/N=C/c1c(N)ncnc1OCc1c(F)cccc1F. The van der Waals surface area contributed by atoms with Gasteiger partial charge in [0.2, 0.25) is 5.88 Å². The van der Waals surface area contributed by atoms with Gasteiger partial charge < -0.3 is 15.3 Å². The lowest BCUT2D eigenvalue weighted by Crippen LogP contribution is -2.07. The highest BCUT2D eigenvalue weighted by Gasteiger charge is 2.13. The molecule has 21 heavy (non-hydrogen) atoms. The van der Waals surface area contributed by atoms with E-state index in [2.05, 4.69) is 20.0 Å². The van der Waals surface area contributed by atoms with Crippen molar-refractivity contribution in [3.63, 3.8) is 0 Å². The van der Waals surface area contributed by atoms with Crippen LogP contribution in [0.4, 0.5) is 14.6 Å². The Kier molecular flexibility index (Phi) is 4.60. The van der Waals surface area contributed by atoms with Crippen molar-refractivity contribution in [3.8, 4) is 5.88 Å². The van der Waals surface area contributed by atoms with Gasteiger partial charge in [-0.2, -0.15) is 0 Å². The van der Waals surface area contributed by atoms with Crippen molar-refractivity contribution in [1.82, 2.24) is 9.97 Å². The minimum atomic E-state index is -0.705. The van der Waals surface area contributed by atoms with Crippen molar-refractivity contribution in [2.45, 2.75) is 6.61 Å². The minimum Gasteiger partial charge on any atom is -0.472 e. The first kappa shape index (κ1) is 14.6. The van der Waals surface area contributed by atoms with Crippen molar-refractivity contribution >= 4 is 12.0 Å². The van der Waals surface area contributed by atoms with Gasteiger partial charge in [0, 0.05) is 0 Å². The number of nitrogens with two attached hydrogens (primary N) is 1. The molecule has 0 unspecified atom stereocenters. The summed E-state index contributed by atoms with van der Waals surface area (Å²) in [5, 5.41) is 3.54. The molecule has 2 rings (SSSR count). The lowest BCUT2D eigenvalue weighted by Gasteiger charge is -2.10. The van der Waals surface area contributed by atoms with Crippen molar-refractivity contribution in [3.05, 3.63) is 47.3 Å². The third-order valence-corrected chi connectivity index (χ3v) is 2.58. The summed E-state index contributed by atoms with van der Waals surface area (Å²) in [5.74, 6) is -1.26. The van der Waals surface area contributed by atoms with Crippen molar-refractivity contribution in [2.24, 2.45) is 5.16 Å². The molecule has 1 aromatic carbocycles. The molecule has 2 aromatic rings. The standard InChI is InChI=1S/C13H12F2N4O2/c1-20-19-5-8-12(16)17-7-18-13(8)21-6-9-10(14)3-2-4-11(9)15/h2-5,7H,6H2,1H3,(H2,16,17,18)/b19-5+. The second-order valence-corrected chi connectivity index (χ2v) is 3.88. The van der Waals surface area contributed by atoms with Gasteiger partial charge in [0.25, 0.3) is 0 Å². The van der Waals surface area contributed by atoms with E-state index in [9.17, 15) is 8.78 Å². The van der Waals surface area contributed by atoms with Gasteiger partial charge in [-0.3, -0.25) is 0 Å². The van der Waals surface area contributed by atoms with Crippen LogP contribution in [0.15, 0.2) is 29.7 Å². The maximum atomic E-state index is 13.5. The number of aromatic nitrogens is 2. The fourth-order valence-electron chi connectivity index (χ4n) is 1.54. The predicted molar refractivity (Wildman–Crippen MR) is 71.7 cm³/mol. The summed E-state index contributed by atoms with van der Waals surface area (Å²) < 4.78 is 32.3. The summed E-state index contributed by atoms with van der Waals surface area (Å²) in [6.07, 6.45) is 2.43. The second kappa shape index (κ2) is 6.60. The summed E-state index contributed by atoms with van der Waals surface area (Å²) in [4.78, 5) is 12.2. The van der Waals surface area contributed by atoms with Gasteiger partial charge in [-0.05, 0) is 12.1 Å². The highest BCUT2D eigenvalue weighted by molar-refractivity contribution is 5.87. The Morgan fingerprint density at radius 3 is 2.67 bits per heavy atom. The molecule has 0 radical (unpaired) electrons. The van der Waals surface area contributed by atoms with Gasteiger partial charge in [-0.25, -0.2) is 18.7 Å². The number of nitrogen functional groups attached to an aromatic ring is 1. The number of nitrogens with zero attached hydrogens (tertiary/aromatic N) is 3. The average molecular weight is 294 g/mol. The number of halogens is 2. The summed E-state index contributed by atoms with van der Waals surface area (Å²) in [7, 11) is 1.35. The van der Waals surface area contributed by atoms with E-state index < -0.39 is 11.6 Å². The molecule has 0 aliphatic rings. The quantitative estimate of drug-likeness (QED) is 0.672. The smallest absolute Gasteiger partial charge is 0.228 e. The van der Waals surface area contributed by atoms with Gasteiger partial charge >= 0.3 is 0 Å². The van der Waals surface area contributed by atoms with Crippen LogP contribution in [0.3, 0.4) is 0 Å². The molecular weight excluding hydrogens is 282 g/mol. The van der Waals surface area contributed by atoms with Crippen LogP contribution in [0, 0.1) is 11.6 Å². The Bertz CT molecular complexity index is 644. The molecule has 0 atom stereocenters. The van der Waals surface area contributed by atoms with Gasteiger partial charge in [-0.1, -0.05) is 11.2 Å². The van der Waals surface area contributed by atoms with Gasteiger partial charge in [-0.15, -0.1) is 0 Å². The Balaban J connectivity index is 2.24. The first-order valence-corrected chi connectivity index (χ1v) is 5.86. The second-order valence-electron chi connectivity index (χ2n) is 3.88. The van der Waals surface area contributed by atoms with Crippen LogP contribution in [-0.4, -0.2) is 23.3 Å². The molecule has 1 aromatic heterocycles. The first-order valence-electron chi connectivity index (χ1n) is 5.86. The lowest BCUT2D eigenvalue weighted by atomic mass is 10.2. The highest BCUT2D eigenvalue weighted by atomic mass is 19.1. The zero-order valence-electron chi connectivity index (χ0n) is 11.1. The van der Waals surface area contributed by atoms with Crippen LogP contribution >= 0.6 is 0 Å². The van der Waals surface area contributed by atoms with Gasteiger partial charge in [0.15, 0.2) is 0 Å². The van der Waals surface area contributed by atoms with E-state index in [4.69, 9.17) is 10.5 Å². The molecule has 110 valence electrons. The first-order chi connectivity index (χ1) is 10.1. The normalized spacial score (nSPS) is 10.8. The lowest BCUT2D eigenvalue weighted by molar-refractivity contribution is 0.215. The Morgan fingerprint density at radius 1 is 1.29 bits per heavy atom. The van der Waals surface area contributed by atoms with Crippen molar-refractivity contribution in [1.29, 1.82) is 0 Å². The van der Waals surface area contributed by atoms with Crippen molar-refractivity contribution < 1.29 is 18.4 Å². The van der Waals surface area contributed by atoms with E-state index in [0.29, 0.717) is 0 Å². The van der Waals surface area contributed by atoms with E-state index in [0.717, 1.165) is 12.1 Å². The fourth-order valence-corrected chi connectivity index (χ4v) is 1.54. The minimum absolute atomic E-state index is 0.0472. The summed E-state index contributed by atoms with van der Waals surface area (Å²) in [6, 6.07) is 3.56. The topological polar surface area (TPSA) is 82.6 Å². The predicted octanol–water partition coefficient (Wildman–Crippen LogP) is 1.90. The Hall–Kier alpha value is -2.77. The maximum Gasteiger partial charge on any atom is 0.228 e. The maximum absolute atomic E-state index is 13.5. The van der Waals surface area contributed by atoms with E-state index in [1.165, 1.54) is 25.7 Å². The van der Waals surface area contributed by atoms with E-state index in [1.54, 1.807) is 0 Å². The summed E-state index contributed by atoms with van der Waals surface area (Å²) >= 11 is 0. The van der Waals surface area contributed by atoms with Crippen LogP contribution in [0.1, 0.15) is 11.1 Å². The van der Waals surface area contributed by atoms with Crippen LogP contribution in [0.25, 0.3) is 0 Å². The Labute approximate surface area is 119 Å². The molecule has 2 N–H and O–H groups in total. The zero-order valence-corrected chi connectivity index (χ0v) is 11.1. The van der Waals surface area contributed by atoms with Crippen LogP contribution in [-0.2, 0) is 11.4 Å². The van der Waals surface area contributed by atoms with Crippen LogP contribution in [0.2, 0.25) is 0 Å². The molecule has 8 heteroatoms. The van der Waals surface area contributed by atoms with Gasteiger partial charge in [0.05, 0.1) is 11.8 Å². The zero-order chi connectivity index (χ0) is 15.2. The number of oxime groups is 1. The molecule has 0 saturated heterocycles. The molecule has 0 bridgehead atoms. The van der Waals surface area contributed by atoms with Gasteiger partial charge in [0.1, 0.15) is 43.1 Å². The monoisotopic (exact) mass is 294 g/mol. The average Bonchev–Trinajstić information content (AvgIpc) is 2.46. The Morgan fingerprint density at radius 2 is 2.00 bits per heavy atom. The van der Waals surface area contributed by atoms with E-state index in [-0.39, 0.29) is 29.4 Å². The van der Waals surface area contributed by atoms with Crippen LogP contribution in [0.5, 0.6) is 5.88 Å².